The van der Waals surface area contributed by atoms with Crippen LogP contribution in [0.3, 0.4) is 0 Å². The van der Waals surface area contributed by atoms with Gasteiger partial charge in [-0.1, -0.05) is 50.2 Å². The first-order chi connectivity index (χ1) is 13.6. The molecule has 28 heavy (non-hydrogen) atoms. The summed E-state index contributed by atoms with van der Waals surface area (Å²) in [6.45, 7) is 5.44. The molecule has 1 atom stereocenters. The minimum absolute atomic E-state index is 0.141. The number of halogens is 1. The van der Waals surface area contributed by atoms with Crippen molar-refractivity contribution in [3.8, 4) is 0 Å². The topological polar surface area (TPSA) is 48.1 Å². The number of rotatable bonds is 4. The average Bonchev–Trinajstić information content (AvgIpc) is 3.06. The van der Waals surface area contributed by atoms with Crippen molar-refractivity contribution in [2.24, 2.45) is 5.92 Å². The van der Waals surface area contributed by atoms with Crippen LogP contribution in [0, 0.1) is 11.7 Å². The Bertz CT molecular complexity index is 994. The zero-order valence-corrected chi connectivity index (χ0v) is 16.3. The van der Waals surface area contributed by atoms with Gasteiger partial charge < -0.3 is 15.2 Å². The number of benzene rings is 2. The molecule has 2 heterocycles. The van der Waals surface area contributed by atoms with E-state index in [4.69, 9.17) is 0 Å². The van der Waals surface area contributed by atoms with Crippen LogP contribution in [0.15, 0.2) is 48.5 Å². The molecule has 3 aromatic rings. The summed E-state index contributed by atoms with van der Waals surface area (Å²) >= 11 is 0. The van der Waals surface area contributed by atoms with Crippen LogP contribution < -0.4 is 5.32 Å². The van der Waals surface area contributed by atoms with Crippen molar-refractivity contribution in [2.75, 3.05) is 13.1 Å². The van der Waals surface area contributed by atoms with E-state index >= 15 is 0 Å². The third-order valence-electron chi connectivity index (χ3n) is 5.49. The molecule has 0 unspecified atom stereocenters. The molecule has 2 amide bonds. The molecule has 1 aliphatic rings. The molecule has 4 nitrogen and oxygen atoms in total. The fraction of sp³-hybridized carbons (Fsp3) is 0.348. The lowest BCUT2D eigenvalue weighted by Crippen LogP contribution is -2.46. The molecule has 0 aliphatic carbocycles. The van der Waals surface area contributed by atoms with Crippen molar-refractivity contribution in [2.45, 2.75) is 32.7 Å². The molecule has 5 heteroatoms. The number of nitrogens with zero attached hydrogens (tertiary/aromatic N) is 1. The Hall–Kier alpha value is -2.82. The molecule has 0 radical (unpaired) electrons. The van der Waals surface area contributed by atoms with Crippen LogP contribution in [0.2, 0.25) is 0 Å². The lowest BCUT2D eigenvalue weighted by atomic mass is 9.92. The highest BCUT2D eigenvalue weighted by atomic mass is 19.1. The monoisotopic (exact) mass is 379 g/mol. The number of H-pyrrole nitrogens is 1. The number of carbonyl (C=O) groups is 1. The summed E-state index contributed by atoms with van der Waals surface area (Å²) in [5.41, 5.74) is 3.64. The minimum Gasteiger partial charge on any atom is -0.356 e. The number of nitrogens with one attached hydrogen (secondary N) is 2. The van der Waals surface area contributed by atoms with Gasteiger partial charge in [-0.05, 0) is 36.5 Å². The first kappa shape index (κ1) is 18.5. The molecule has 1 aromatic heterocycles. The van der Waals surface area contributed by atoms with Crippen LogP contribution in [0.4, 0.5) is 9.18 Å². The zero-order valence-electron chi connectivity index (χ0n) is 16.3. The number of aromatic amines is 1. The Balaban J connectivity index is 1.75. The van der Waals surface area contributed by atoms with Crippen molar-refractivity contribution in [1.82, 2.24) is 15.2 Å². The van der Waals surface area contributed by atoms with E-state index in [1.807, 2.05) is 24.3 Å². The highest BCUT2D eigenvalue weighted by molar-refractivity contribution is 5.86. The summed E-state index contributed by atoms with van der Waals surface area (Å²) in [5.74, 6) is 0.225. The van der Waals surface area contributed by atoms with Gasteiger partial charge in [-0.15, -0.1) is 0 Å². The van der Waals surface area contributed by atoms with E-state index in [0.29, 0.717) is 24.6 Å². The van der Waals surface area contributed by atoms with Gasteiger partial charge in [0.2, 0.25) is 0 Å². The molecule has 0 saturated heterocycles. The molecule has 2 aromatic carbocycles. The third-order valence-corrected chi connectivity index (χ3v) is 5.49. The first-order valence-electron chi connectivity index (χ1n) is 9.94. The summed E-state index contributed by atoms with van der Waals surface area (Å²) in [7, 11) is 0. The number of aromatic nitrogens is 1. The number of hydrogen-bond donors (Lipinski definition) is 2. The zero-order chi connectivity index (χ0) is 19.7. The van der Waals surface area contributed by atoms with E-state index in [0.717, 1.165) is 29.4 Å². The maximum absolute atomic E-state index is 14.7. The van der Waals surface area contributed by atoms with Crippen molar-refractivity contribution >= 4 is 16.9 Å². The van der Waals surface area contributed by atoms with E-state index in [-0.39, 0.29) is 11.8 Å². The number of hydrogen-bond acceptors (Lipinski definition) is 1. The predicted octanol–water partition coefficient (Wildman–Crippen LogP) is 5.01. The van der Waals surface area contributed by atoms with E-state index in [2.05, 4.69) is 30.2 Å². The molecule has 0 bridgehead atoms. The first-order valence-corrected chi connectivity index (χ1v) is 9.94. The largest absolute Gasteiger partial charge is 0.356 e. The molecule has 146 valence electrons. The molecule has 4 rings (SSSR count). The third kappa shape index (κ3) is 3.37. The summed E-state index contributed by atoms with van der Waals surface area (Å²) in [6.07, 6.45) is 1.67. The van der Waals surface area contributed by atoms with E-state index in [1.54, 1.807) is 17.0 Å². The van der Waals surface area contributed by atoms with Crippen LogP contribution in [-0.2, 0) is 6.42 Å². The van der Waals surface area contributed by atoms with Crippen molar-refractivity contribution in [3.63, 3.8) is 0 Å². The van der Waals surface area contributed by atoms with Gasteiger partial charge in [0.15, 0.2) is 0 Å². The predicted molar refractivity (Wildman–Crippen MR) is 110 cm³/mol. The Morgan fingerprint density at radius 1 is 1.21 bits per heavy atom. The smallest absolute Gasteiger partial charge is 0.318 e. The van der Waals surface area contributed by atoms with Crippen molar-refractivity contribution < 1.29 is 9.18 Å². The molecular weight excluding hydrogens is 353 g/mol. The van der Waals surface area contributed by atoms with Crippen molar-refractivity contribution in [1.29, 1.82) is 0 Å². The summed E-state index contributed by atoms with van der Waals surface area (Å²) < 4.78 is 14.7. The van der Waals surface area contributed by atoms with Crippen LogP contribution >= 0.6 is 0 Å². The summed E-state index contributed by atoms with van der Waals surface area (Å²) in [6, 6.07) is 14.2. The summed E-state index contributed by atoms with van der Waals surface area (Å²) in [4.78, 5) is 18.2. The van der Waals surface area contributed by atoms with Gasteiger partial charge in [0.1, 0.15) is 11.9 Å². The van der Waals surface area contributed by atoms with Crippen LogP contribution in [0.1, 0.15) is 43.1 Å². The van der Waals surface area contributed by atoms with Gasteiger partial charge >= 0.3 is 6.03 Å². The molecule has 0 saturated carbocycles. The average molecular weight is 379 g/mol. The lowest BCUT2D eigenvalue weighted by Gasteiger charge is -2.36. The Morgan fingerprint density at radius 3 is 2.75 bits per heavy atom. The minimum atomic E-state index is -0.462. The number of carbonyl (C=O) groups excluding carboxylic acids is 1. The normalized spacial score (nSPS) is 16.4. The number of fused-ring (bicyclic) bond motifs is 3. The Labute approximate surface area is 164 Å². The number of para-hydroxylation sites is 1. The molecule has 0 fully saturated rings. The van der Waals surface area contributed by atoms with E-state index in [9.17, 15) is 9.18 Å². The number of amides is 2. The second-order valence-corrected chi connectivity index (χ2v) is 7.84. The number of urea groups is 1. The highest BCUT2D eigenvalue weighted by Crippen LogP contribution is 2.39. The Kier molecular flexibility index (Phi) is 5.07. The van der Waals surface area contributed by atoms with Gasteiger partial charge in [-0.3, -0.25) is 0 Å². The highest BCUT2D eigenvalue weighted by Gasteiger charge is 2.35. The molecule has 2 N–H and O–H groups in total. The van der Waals surface area contributed by atoms with Crippen molar-refractivity contribution in [3.05, 3.63) is 71.2 Å². The van der Waals surface area contributed by atoms with E-state index in [1.165, 1.54) is 11.6 Å². The maximum atomic E-state index is 14.7. The van der Waals surface area contributed by atoms with Gasteiger partial charge in [0.25, 0.3) is 0 Å². The quantitative estimate of drug-likeness (QED) is 0.658. The molecule has 0 spiro atoms. The maximum Gasteiger partial charge on any atom is 0.318 e. The van der Waals surface area contributed by atoms with Gasteiger partial charge in [0.05, 0.1) is 0 Å². The fourth-order valence-electron chi connectivity index (χ4n) is 4.05. The van der Waals surface area contributed by atoms with Gasteiger partial charge in [-0.25, -0.2) is 9.18 Å². The molecule has 1 aliphatic heterocycles. The lowest BCUT2D eigenvalue weighted by molar-refractivity contribution is 0.177. The standard InChI is InChI=1S/C23H26FN3O/c1-15(2)11-13-25-23(28)27-14-12-17-16-7-4-6-10-20(16)26-21(17)22(27)18-8-3-5-9-19(18)24/h3-10,15,22,26H,11-14H2,1-2H3,(H,25,28)/t22-/m0/s1. The van der Waals surface area contributed by atoms with Crippen LogP contribution in [-0.4, -0.2) is 29.0 Å². The SMILES string of the molecule is CC(C)CCNC(=O)N1CCc2c([nH]c3ccccc23)[C@@H]1c1ccccc1F. The Morgan fingerprint density at radius 2 is 1.96 bits per heavy atom. The van der Waals surface area contributed by atoms with Crippen LogP contribution in [0.5, 0.6) is 0 Å². The summed E-state index contributed by atoms with van der Waals surface area (Å²) in [5, 5.41) is 4.17. The second-order valence-electron chi connectivity index (χ2n) is 7.84. The van der Waals surface area contributed by atoms with Gasteiger partial charge in [0, 0.05) is 35.2 Å². The van der Waals surface area contributed by atoms with Crippen LogP contribution in [0.25, 0.3) is 10.9 Å². The van der Waals surface area contributed by atoms with E-state index < -0.39 is 6.04 Å². The fourth-order valence-corrected chi connectivity index (χ4v) is 4.05. The second kappa shape index (κ2) is 7.66. The van der Waals surface area contributed by atoms with Gasteiger partial charge in [-0.2, -0.15) is 0 Å². The molecular formula is C23H26FN3O.